The summed E-state index contributed by atoms with van der Waals surface area (Å²) in [5.41, 5.74) is 0. The molecule has 1 saturated carbocycles. The minimum absolute atomic E-state index is 0.221. The van der Waals surface area contributed by atoms with E-state index in [2.05, 4.69) is 12.2 Å². The molecule has 0 saturated heterocycles. The van der Waals surface area contributed by atoms with E-state index in [4.69, 9.17) is 9.47 Å². The molecule has 0 spiro atoms. The molecule has 0 bridgehead atoms. The molecule has 0 aromatic carbocycles. The first-order chi connectivity index (χ1) is 10.1. The number of rotatable bonds is 11. The van der Waals surface area contributed by atoms with E-state index in [-0.39, 0.29) is 12.7 Å². The molecule has 0 aromatic heterocycles. The molecule has 6 heteroatoms. The molecule has 3 unspecified atom stereocenters. The Bertz CT molecular complexity index is 257. The van der Waals surface area contributed by atoms with Crippen LogP contribution in [0, 0.1) is 5.92 Å². The molecular weight excluding hydrogens is 280 g/mol. The standard InChI is InChI=1S/C15H29F2NO3/c1-2-12-5-3-4-6-14(12)21-10-13(19)9-18-7-8-20-11-15(16)17/h12-15,18-19H,2-11H2,1H3. The zero-order valence-corrected chi connectivity index (χ0v) is 12.9. The molecule has 0 amide bonds. The lowest BCUT2D eigenvalue weighted by Gasteiger charge is -2.31. The Hall–Kier alpha value is -0.300. The summed E-state index contributed by atoms with van der Waals surface area (Å²) >= 11 is 0. The van der Waals surface area contributed by atoms with Gasteiger partial charge in [0.25, 0.3) is 6.43 Å². The number of alkyl halides is 2. The predicted molar refractivity (Wildman–Crippen MR) is 77.7 cm³/mol. The van der Waals surface area contributed by atoms with Crippen molar-refractivity contribution in [3.63, 3.8) is 0 Å². The zero-order chi connectivity index (χ0) is 15.5. The van der Waals surface area contributed by atoms with E-state index < -0.39 is 19.1 Å². The molecule has 1 rings (SSSR count). The van der Waals surface area contributed by atoms with Gasteiger partial charge in [0.05, 0.1) is 25.4 Å². The quantitative estimate of drug-likeness (QED) is 0.575. The van der Waals surface area contributed by atoms with Gasteiger partial charge in [0.15, 0.2) is 0 Å². The van der Waals surface area contributed by atoms with Gasteiger partial charge in [-0.25, -0.2) is 8.78 Å². The second-order valence-corrected chi connectivity index (χ2v) is 5.65. The van der Waals surface area contributed by atoms with Crippen molar-refractivity contribution in [2.45, 2.75) is 57.7 Å². The van der Waals surface area contributed by atoms with Crippen molar-refractivity contribution in [2.75, 3.05) is 32.9 Å². The molecule has 21 heavy (non-hydrogen) atoms. The Morgan fingerprint density at radius 2 is 2.00 bits per heavy atom. The Kier molecular flexibility index (Phi) is 10.1. The predicted octanol–water partition coefficient (Wildman–Crippen LogP) is 2.20. The lowest BCUT2D eigenvalue weighted by atomic mass is 9.85. The van der Waals surface area contributed by atoms with Crippen molar-refractivity contribution in [1.82, 2.24) is 5.32 Å². The van der Waals surface area contributed by atoms with Gasteiger partial charge in [-0.05, 0) is 18.8 Å². The van der Waals surface area contributed by atoms with E-state index in [0.29, 0.717) is 25.6 Å². The van der Waals surface area contributed by atoms with Crippen LogP contribution >= 0.6 is 0 Å². The van der Waals surface area contributed by atoms with Crippen molar-refractivity contribution < 1.29 is 23.4 Å². The first-order valence-electron chi connectivity index (χ1n) is 7.99. The van der Waals surface area contributed by atoms with Crippen molar-refractivity contribution in [2.24, 2.45) is 5.92 Å². The van der Waals surface area contributed by atoms with Gasteiger partial charge in [-0.15, -0.1) is 0 Å². The van der Waals surface area contributed by atoms with Crippen LogP contribution in [0.1, 0.15) is 39.0 Å². The molecule has 2 N–H and O–H groups in total. The van der Waals surface area contributed by atoms with Gasteiger partial charge < -0.3 is 19.9 Å². The summed E-state index contributed by atoms with van der Waals surface area (Å²) < 4.78 is 34.2. The monoisotopic (exact) mass is 309 g/mol. The van der Waals surface area contributed by atoms with Gasteiger partial charge in [-0.1, -0.05) is 26.2 Å². The second-order valence-electron chi connectivity index (χ2n) is 5.65. The van der Waals surface area contributed by atoms with Crippen molar-refractivity contribution in [3.05, 3.63) is 0 Å². The van der Waals surface area contributed by atoms with Gasteiger partial charge in [-0.2, -0.15) is 0 Å². The average molecular weight is 309 g/mol. The van der Waals surface area contributed by atoms with Gasteiger partial charge in [0.1, 0.15) is 6.61 Å². The van der Waals surface area contributed by atoms with Gasteiger partial charge in [0, 0.05) is 13.1 Å². The van der Waals surface area contributed by atoms with Crippen molar-refractivity contribution in [1.29, 1.82) is 0 Å². The van der Waals surface area contributed by atoms with Crippen LogP contribution in [0.2, 0.25) is 0 Å². The largest absolute Gasteiger partial charge is 0.389 e. The van der Waals surface area contributed by atoms with Crippen LogP contribution in [0.3, 0.4) is 0 Å². The zero-order valence-electron chi connectivity index (χ0n) is 12.9. The average Bonchev–Trinajstić information content (AvgIpc) is 2.48. The topological polar surface area (TPSA) is 50.7 Å². The third kappa shape index (κ3) is 8.66. The van der Waals surface area contributed by atoms with Crippen molar-refractivity contribution >= 4 is 0 Å². The maximum absolute atomic E-state index is 11.8. The van der Waals surface area contributed by atoms with Gasteiger partial charge in [0.2, 0.25) is 0 Å². The molecule has 1 fully saturated rings. The summed E-state index contributed by atoms with van der Waals surface area (Å²) in [6, 6.07) is 0. The molecule has 0 aliphatic heterocycles. The third-order valence-corrected chi connectivity index (χ3v) is 3.91. The van der Waals surface area contributed by atoms with E-state index in [0.717, 1.165) is 12.8 Å². The van der Waals surface area contributed by atoms with Gasteiger partial charge in [-0.3, -0.25) is 0 Å². The summed E-state index contributed by atoms with van der Waals surface area (Å²) in [7, 11) is 0. The smallest absolute Gasteiger partial charge is 0.261 e. The number of nitrogens with one attached hydrogen (secondary N) is 1. The first-order valence-corrected chi connectivity index (χ1v) is 7.99. The number of aliphatic hydroxyl groups is 1. The highest BCUT2D eigenvalue weighted by Gasteiger charge is 2.24. The lowest BCUT2D eigenvalue weighted by Crippen LogP contribution is -2.36. The van der Waals surface area contributed by atoms with Crippen LogP contribution in [-0.2, 0) is 9.47 Å². The molecule has 0 radical (unpaired) electrons. The highest BCUT2D eigenvalue weighted by molar-refractivity contribution is 4.75. The summed E-state index contributed by atoms with van der Waals surface area (Å²) in [6.45, 7) is 3.04. The minimum Gasteiger partial charge on any atom is -0.389 e. The Labute approximate surface area is 126 Å². The van der Waals surface area contributed by atoms with Crippen LogP contribution in [-0.4, -0.2) is 56.7 Å². The summed E-state index contributed by atoms with van der Waals surface area (Å²) in [5, 5.41) is 12.8. The maximum Gasteiger partial charge on any atom is 0.261 e. The molecule has 1 aliphatic carbocycles. The lowest BCUT2D eigenvalue weighted by molar-refractivity contribution is -0.0502. The Morgan fingerprint density at radius 1 is 1.24 bits per heavy atom. The first kappa shape index (κ1) is 18.7. The molecule has 0 aromatic rings. The molecule has 1 aliphatic rings. The van der Waals surface area contributed by atoms with Crippen molar-refractivity contribution in [3.8, 4) is 0 Å². The van der Waals surface area contributed by atoms with E-state index in [1.165, 1.54) is 19.3 Å². The van der Waals surface area contributed by atoms with E-state index in [9.17, 15) is 13.9 Å². The highest BCUT2D eigenvalue weighted by atomic mass is 19.3. The van der Waals surface area contributed by atoms with Crippen LogP contribution in [0.15, 0.2) is 0 Å². The molecule has 4 nitrogen and oxygen atoms in total. The number of hydrogen-bond acceptors (Lipinski definition) is 4. The number of halogens is 2. The van der Waals surface area contributed by atoms with Crippen LogP contribution in [0.4, 0.5) is 8.78 Å². The van der Waals surface area contributed by atoms with Gasteiger partial charge >= 0.3 is 0 Å². The third-order valence-electron chi connectivity index (χ3n) is 3.91. The minimum atomic E-state index is -2.43. The Morgan fingerprint density at radius 3 is 2.71 bits per heavy atom. The highest BCUT2D eigenvalue weighted by Crippen LogP contribution is 2.29. The summed E-state index contributed by atoms with van der Waals surface area (Å²) in [6.07, 6.45) is 3.19. The normalized spacial score (nSPS) is 24.4. The van der Waals surface area contributed by atoms with E-state index >= 15 is 0 Å². The fourth-order valence-electron chi connectivity index (χ4n) is 2.74. The van der Waals surface area contributed by atoms with Crippen LogP contribution < -0.4 is 5.32 Å². The number of aliphatic hydroxyl groups excluding tert-OH is 1. The van der Waals surface area contributed by atoms with E-state index in [1.54, 1.807) is 0 Å². The molecule has 0 heterocycles. The second kappa shape index (κ2) is 11.3. The van der Waals surface area contributed by atoms with Crippen LogP contribution in [0.25, 0.3) is 0 Å². The SMILES string of the molecule is CCC1CCCCC1OCC(O)CNCCOCC(F)F. The maximum atomic E-state index is 11.8. The fourth-order valence-corrected chi connectivity index (χ4v) is 2.74. The fraction of sp³-hybridized carbons (Fsp3) is 1.00. The van der Waals surface area contributed by atoms with E-state index in [1.807, 2.05) is 0 Å². The molecule has 3 atom stereocenters. The summed E-state index contributed by atoms with van der Waals surface area (Å²) in [4.78, 5) is 0. The molecular formula is C15H29F2NO3. The number of hydrogen-bond donors (Lipinski definition) is 2. The van der Waals surface area contributed by atoms with Crippen LogP contribution in [0.5, 0.6) is 0 Å². The molecule has 126 valence electrons. The Balaban J connectivity index is 2.01. The number of ether oxygens (including phenoxy) is 2. The summed E-state index contributed by atoms with van der Waals surface area (Å²) in [5.74, 6) is 0.613.